The zero-order valence-corrected chi connectivity index (χ0v) is 74.8. The first kappa shape index (κ1) is 106. The first-order chi connectivity index (χ1) is 51.5. The molecule has 0 saturated heterocycles. The third kappa shape index (κ3) is 41.1. The molecule has 2 rings (SSSR count). The Balaban J connectivity index is 0.00000203. The molecule has 5 N–H and O–H groups in total. The summed E-state index contributed by atoms with van der Waals surface area (Å²) in [4.78, 5) is 37.0. The summed E-state index contributed by atoms with van der Waals surface area (Å²) in [5.41, 5.74) is 3.85. The molecule has 26 heteroatoms. The maximum absolute atomic E-state index is 13.0. The summed E-state index contributed by atoms with van der Waals surface area (Å²) in [5.74, 6) is -2.66. The maximum atomic E-state index is 13.0. The first-order valence-electron chi connectivity index (χ1n) is 39.3. The van der Waals surface area contributed by atoms with Crippen LogP contribution in [0.4, 0.5) is 0 Å². The number of hydrogen-bond donors (Lipinski definition) is 5. The SMILES string of the molecule is CCC(=O)O[C@@H](C[C@@H](C[C@H](O)/C(C)=C\[C@@H](CC)COCOCCOC)O[Si](C)(C)C(C)(C)C)C(C)(C)c1cccc(C[C@@H](C)[C@H](OCOC)C(=O)O)c1.CCOCC.CC[C@H](/C=C(/C)[C@@H](O)C[C@H](C[C@H](O)C(C)(C)c1cccc(C[C@@H](OCOC)[C@H](OCOC)C(=O)O)c1)O[Si](C)(C)C(C)(C)C)COCOCCOC. The lowest BCUT2D eigenvalue weighted by Gasteiger charge is -2.42. The Morgan fingerprint density at radius 3 is 1.28 bits per heavy atom. The minimum absolute atomic E-state index is 0.0753. The van der Waals surface area contributed by atoms with E-state index in [1.165, 1.54) is 21.3 Å². The molecule has 0 aliphatic carbocycles. The molecule has 2 aromatic carbocycles. The van der Waals surface area contributed by atoms with Crippen LogP contribution in [-0.4, -0.2) is 237 Å². The van der Waals surface area contributed by atoms with Crippen molar-refractivity contribution in [2.45, 2.75) is 284 Å². The number of carbonyl (C=O) groups excluding carboxylic acids is 1. The van der Waals surface area contributed by atoms with Crippen LogP contribution in [0.5, 0.6) is 0 Å². The third-order valence-electron chi connectivity index (χ3n) is 20.8. The largest absolute Gasteiger partial charge is 0.479 e. The van der Waals surface area contributed by atoms with Crippen molar-refractivity contribution in [1.29, 1.82) is 0 Å². The fraction of sp³-hybridized carbons (Fsp3) is 0.774. The lowest BCUT2D eigenvalue weighted by atomic mass is 9.76. The van der Waals surface area contributed by atoms with E-state index in [0.717, 1.165) is 59.5 Å². The number of ether oxygens (including phenoxy) is 14. The molecule has 0 saturated carbocycles. The van der Waals surface area contributed by atoms with Gasteiger partial charge in [0, 0.05) is 104 Å². The Labute approximate surface area is 665 Å². The Hall–Kier alpha value is -3.96. The highest BCUT2D eigenvalue weighted by Crippen LogP contribution is 2.43. The number of aliphatic carboxylic acids is 2. The predicted octanol–water partition coefficient (Wildman–Crippen LogP) is 14.8. The summed E-state index contributed by atoms with van der Waals surface area (Å²) >= 11 is 0. The lowest BCUT2D eigenvalue weighted by molar-refractivity contribution is -0.184. The monoisotopic (exact) mass is 1600 g/mol. The molecule has 110 heavy (non-hydrogen) atoms. The van der Waals surface area contributed by atoms with Gasteiger partial charge in [-0.2, -0.15) is 0 Å². The average molecular weight is 1600 g/mol. The van der Waals surface area contributed by atoms with E-state index >= 15 is 0 Å². The third-order valence-corrected chi connectivity index (χ3v) is 29.9. The minimum Gasteiger partial charge on any atom is -0.479 e. The van der Waals surface area contributed by atoms with Crippen molar-refractivity contribution in [2.75, 3.05) is 122 Å². The number of benzene rings is 2. The second kappa shape index (κ2) is 55.6. The highest BCUT2D eigenvalue weighted by atomic mass is 28.4. The van der Waals surface area contributed by atoms with Gasteiger partial charge in [0.15, 0.2) is 28.8 Å². The first-order valence-corrected chi connectivity index (χ1v) is 45.1. The number of rotatable bonds is 57. The zero-order chi connectivity index (χ0) is 84.1. The fourth-order valence-electron chi connectivity index (χ4n) is 11.4. The van der Waals surface area contributed by atoms with E-state index in [9.17, 15) is 39.9 Å². The number of methoxy groups -OCH3 is 5. The Bertz CT molecular complexity index is 2840. The number of esters is 1. The Morgan fingerprint density at radius 1 is 0.491 bits per heavy atom. The van der Waals surface area contributed by atoms with Gasteiger partial charge in [0.1, 0.15) is 46.2 Å². The highest BCUT2D eigenvalue weighted by molar-refractivity contribution is 6.74. The van der Waals surface area contributed by atoms with E-state index in [-0.39, 0.29) is 80.6 Å². The maximum Gasteiger partial charge on any atom is 0.335 e. The molecule has 0 bridgehead atoms. The lowest BCUT2D eigenvalue weighted by Crippen LogP contribution is -2.47. The van der Waals surface area contributed by atoms with Gasteiger partial charge in [-0.15, -0.1) is 0 Å². The second-order valence-corrected chi connectivity index (χ2v) is 42.1. The van der Waals surface area contributed by atoms with Crippen LogP contribution in [0.1, 0.15) is 192 Å². The van der Waals surface area contributed by atoms with Gasteiger partial charge < -0.3 is 101 Å². The molecule has 0 amide bonds. The number of aliphatic hydroxyl groups excluding tert-OH is 3. The van der Waals surface area contributed by atoms with Gasteiger partial charge in [0.05, 0.1) is 70.2 Å². The zero-order valence-electron chi connectivity index (χ0n) is 72.8. The molecule has 0 radical (unpaired) electrons. The van der Waals surface area contributed by atoms with Gasteiger partial charge in [-0.1, -0.05) is 158 Å². The van der Waals surface area contributed by atoms with Crippen LogP contribution >= 0.6 is 0 Å². The normalized spacial score (nSPS) is 16.2. The molecule has 0 unspecified atom stereocenters. The van der Waals surface area contributed by atoms with E-state index in [4.69, 9.17) is 75.2 Å². The van der Waals surface area contributed by atoms with Crippen LogP contribution < -0.4 is 0 Å². The van der Waals surface area contributed by atoms with Gasteiger partial charge in [0.2, 0.25) is 0 Å². The van der Waals surface area contributed by atoms with Crippen molar-refractivity contribution >= 4 is 34.5 Å². The van der Waals surface area contributed by atoms with Crippen LogP contribution in [0.3, 0.4) is 0 Å². The van der Waals surface area contributed by atoms with Gasteiger partial charge >= 0.3 is 17.9 Å². The van der Waals surface area contributed by atoms with Crippen LogP contribution in [0.2, 0.25) is 36.3 Å². The Morgan fingerprint density at radius 2 is 0.900 bits per heavy atom. The quantitative estimate of drug-likeness (QED) is 0.0135. The van der Waals surface area contributed by atoms with Crippen LogP contribution in [0, 0.1) is 17.8 Å². The van der Waals surface area contributed by atoms with E-state index in [2.05, 4.69) is 114 Å². The summed E-state index contributed by atoms with van der Waals surface area (Å²) < 4.78 is 88.9. The summed E-state index contributed by atoms with van der Waals surface area (Å²) in [6.45, 7) is 50.0. The van der Waals surface area contributed by atoms with Gasteiger partial charge in [-0.3, -0.25) is 4.79 Å². The smallest absolute Gasteiger partial charge is 0.335 e. The topological polar surface area (TPSA) is 300 Å². The summed E-state index contributed by atoms with van der Waals surface area (Å²) in [6.07, 6.45) is 1.11. The van der Waals surface area contributed by atoms with Crippen molar-refractivity contribution in [3.05, 3.63) is 94.1 Å². The van der Waals surface area contributed by atoms with E-state index in [0.29, 0.717) is 71.7 Å². The predicted molar refractivity (Wildman–Crippen MR) is 436 cm³/mol. The molecule has 24 nitrogen and oxygen atoms in total. The van der Waals surface area contributed by atoms with E-state index in [1.807, 2.05) is 90.9 Å². The molecule has 640 valence electrons. The van der Waals surface area contributed by atoms with Crippen molar-refractivity contribution in [3.63, 3.8) is 0 Å². The number of aliphatic hydroxyl groups is 3. The van der Waals surface area contributed by atoms with Crippen molar-refractivity contribution in [3.8, 4) is 0 Å². The van der Waals surface area contributed by atoms with E-state index < -0.39 is 94.3 Å². The minimum atomic E-state index is -2.33. The molecule has 0 aliphatic heterocycles. The number of carbonyl (C=O) groups is 3. The highest BCUT2D eigenvalue weighted by Gasteiger charge is 2.45. The summed E-state index contributed by atoms with van der Waals surface area (Å²) in [5, 5.41) is 54.5. The number of hydrogen-bond acceptors (Lipinski definition) is 22. The fourth-order valence-corrected chi connectivity index (χ4v) is 14.2. The average Bonchev–Trinajstić information content (AvgIpc) is 0.824. The van der Waals surface area contributed by atoms with Gasteiger partial charge in [-0.25, -0.2) is 9.59 Å². The molecule has 0 heterocycles. The van der Waals surface area contributed by atoms with Crippen LogP contribution in [0.25, 0.3) is 0 Å². The molecule has 2 aromatic rings. The van der Waals surface area contributed by atoms with Gasteiger partial charge in [0.25, 0.3) is 0 Å². The van der Waals surface area contributed by atoms with Crippen molar-refractivity contribution in [1.82, 2.24) is 0 Å². The van der Waals surface area contributed by atoms with E-state index in [1.54, 1.807) is 21.1 Å². The summed E-state index contributed by atoms with van der Waals surface area (Å²) in [6, 6.07) is 15.7. The van der Waals surface area contributed by atoms with Crippen molar-refractivity contribution in [2.24, 2.45) is 17.8 Å². The molecular weight excluding hydrogens is 1450 g/mol. The molecule has 0 aromatic heterocycles. The Kier molecular flexibility index (Phi) is 53.6. The van der Waals surface area contributed by atoms with Gasteiger partial charge in [-0.05, 0) is 129 Å². The molecule has 12 atom stereocenters. The molecule has 0 spiro atoms. The summed E-state index contributed by atoms with van der Waals surface area (Å²) in [7, 11) is 2.97. The van der Waals surface area contributed by atoms with Crippen LogP contribution in [0.15, 0.2) is 71.8 Å². The molecule has 0 fully saturated rings. The van der Waals surface area contributed by atoms with Crippen LogP contribution in [-0.2, 0) is 113 Å². The molecule has 0 aliphatic rings. The second-order valence-electron chi connectivity index (χ2n) is 32.5. The van der Waals surface area contributed by atoms with Crippen molar-refractivity contribution < 1.29 is 115 Å². The number of carboxylic acid groups (broad SMARTS) is 2. The number of carboxylic acids is 2. The molecular formula is C84H152O24Si2. The standard InChI is InChI=1S/C41H72O11Si.C39H70O12Si.C4H10O/c1-14-31(26-49-28-48-20-19-46-10)21-29(3)35(42)24-34(52-53(12,13)40(5,6)7)25-36(51-37(43)15-2)41(8,9)33-18-16-17-32(23-33)22-30(4)38(39(44)45)50-27-47-11;1-13-29(24-48-27-47-18-17-44-8)19-28(2)33(40)22-32(51-52(11,12)38(3,4)5)23-35(41)39(6,7)31-16-14-15-30(20-31)21-34(49-25-45-9)36(37(42)43)50-26-46-10;1-3-5-4-2/h16-18,21,23,30-31,34-36,38,42H,14-15,19-20,22,24-28H2,1-13H3,(H,44,45);14-16,19-20,29,32-36,40-41H,13,17-18,21-27H2,1-12H3,(H,42,43);3-4H2,1-2H3/b29-21-;28-19-;/t30-,31-,34-,35+,36+,38+;29-,32-,33+,34-,35+,36+;/m11./s1.